The van der Waals surface area contributed by atoms with Crippen molar-refractivity contribution in [1.82, 2.24) is 15.2 Å². The molecule has 0 radical (unpaired) electrons. The maximum Gasteiger partial charge on any atom is 0.0705 e. The quantitative estimate of drug-likeness (QED) is 0.937. The Kier molecular flexibility index (Phi) is 3.96. The summed E-state index contributed by atoms with van der Waals surface area (Å²) >= 11 is 0. The summed E-state index contributed by atoms with van der Waals surface area (Å²) < 4.78 is 0. The normalized spacial score (nSPS) is 22.5. The lowest BCUT2D eigenvalue weighted by atomic mass is 9.95. The summed E-state index contributed by atoms with van der Waals surface area (Å²) in [5, 5.41) is 4.94. The first kappa shape index (κ1) is 14.5. The van der Waals surface area contributed by atoms with Crippen LogP contribution in [-0.4, -0.2) is 34.6 Å². The highest BCUT2D eigenvalue weighted by molar-refractivity contribution is 5.81. The molecule has 1 saturated heterocycles. The third-order valence-electron chi connectivity index (χ3n) is 4.71. The fraction of sp³-hybridized carbons (Fsp3) is 0.500. The van der Waals surface area contributed by atoms with Gasteiger partial charge in [0.1, 0.15) is 0 Å². The molecule has 1 fully saturated rings. The third-order valence-corrected chi connectivity index (χ3v) is 4.71. The van der Waals surface area contributed by atoms with Crippen molar-refractivity contribution in [3.8, 4) is 0 Å². The fourth-order valence-corrected chi connectivity index (χ4v) is 3.13. The molecule has 1 N–H and O–H groups in total. The molecule has 1 aliphatic heterocycles. The molecule has 1 atom stereocenters. The SMILES string of the molecule is CCC1CN(Cc2ccnc3ccccc23)C(C)(C)CN1. The van der Waals surface area contributed by atoms with Crippen LogP contribution in [0.4, 0.5) is 0 Å². The summed E-state index contributed by atoms with van der Waals surface area (Å²) in [5.41, 5.74) is 2.66. The number of hydrogen-bond acceptors (Lipinski definition) is 3. The lowest BCUT2D eigenvalue weighted by Crippen LogP contribution is -2.61. The number of aromatic nitrogens is 1. The molecule has 0 spiro atoms. The van der Waals surface area contributed by atoms with Crippen molar-refractivity contribution in [1.29, 1.82) is 0 Å². The molecule has 2 heterocycles. The van der Waals surface area contributed by atoms with Crippen molar-refractivity contribution < 1.29 is 0 Å². The van der Waals surface area contributed by atoms with E-state index in [1.165, 1.54) is 17.4 Å². The van der Waals surface area contributed by atoms with Gasteiger partial charge in [0.25, 0.3) is 0 Å². The van der Waals surface area contributed by atoms with Crippen LogP contribution in [0, 0.1) is 0 Å². The Morgan fingerprint density at radius 1 is 1.29 bits per heavy atom. The molecule has 0 amide bonds. The molecular formula is C18H25N3. The van der Waals surface area contributed by atoms with E-state index < -0.39 is 0 Å². The summed E-state index contributed by atoms with van der Waals surface area (Å²) in [5.74, 6) is 0. The number of nitrogens with zero attached hydrogens (tertiary/aromatic N) is 2. The number of para-hydroxylation sites is 1. The summed E-state index contributed by atoms with van der Waals surface area (Å²) in [7, 11) is 0. The Labute approximate surface area is 127 Å². The molecule has 1 aromatic heterocycles. The van der Waals surface area contributed by atoms with Gasteiger partial charge >= 0.3 is 0 Å². The number of hydrogen-bond donors (Lipinski definition) is 1. The van der Waals surface area contributed by atoms with Gasteiger partial charge in [-0.1, -0.05) is 25.1 Å². The van der Waals surface area contributed by atoms with Crippen molar-refractivity contribution in [2.45, 2.75) is 45.3 Å². The number of rotatable bonds is 3. The summed E-state index contributed by atoms with van der Waals surface area (Å²) in [6.07, 6.45) is 3.12. The topological polar surface area (TPSA) is 28.2 Å². The zero-order chi connectivity index (χ0) is 14.9. The van der Waals surface area contributed by atoms with E-state index in [1.54, 1.807) is 0 Å². The van der Waals surface area contributed by atoms with Gasteiger partial charge in [0.05, 0.1) is 5.52 Å². The van der Waals surface area contributed by atoms with Crippen molar-refractivity contribution in [3.63, 3.8) is 0 Å². The second-order valence-corrected chi connectivity index (χ2v) is 6.67. The first-order valence-corrected chi connectivity index (χ1v) is 7.91. The highest BCUT2D eigenvalue weighted by Crippen LogP contribution is 2.25. The van der Waals surface area contributed by atoms with Crippen molar-refractivity contribution in [3.05, 3.63) is 42.1 Å². The minimum Gasteiger partial charge on any atom is -0.311 e. The minimum atomic E-state index is 0.191. The van der Waals surface area contributed by atoms with Crippen molar-refractivity contribution in [2.24, 2.45) is 0 Å². The lowest BCUT2D eigenvalue weighted by Gasteiger charge is -2.46. The molecule has 3 heteroatoms. The van der Waals surface area contributed by atoms with E-state index in [0.717, 1.165) is 25.2 Å². The molecular weight excluding hydrogens is 258 g/mol. The summed E-state index contributed by atoms with van der Waals surface area (Å²) in [4.78, 5) is 7.08. The molecule has 2 aromatic rings. The van der Waals surface area contributed by atoms with Gasteiger partial charge in [-0.3, -0.25) is 9.88 Å². The Balaban J connectivity index is 1.89. The van der Waals surface area contributed by atoms with Gasteiger partial charge in [-0.15, -0.1) is 0 Å². The smallest absolute Gasteiger partial charge is 0.0705 e. The molecule has 21 heavy (non-hydrogen) atoms. The molecule has 0 bridgehead atoms. The highest BCUT2D eigenvalue weighted by Gasteiger charge is 2.33. The Morgan fingerprint density at radius 3 is 2.90 bits per heavy atom. The van der Waals surface area contributed by atoms with Crippen LogP contribution in [0.2, 0.25) is 0 Å². The third kappa shape index (κ3) is 2.94. The van der Waals surface area contributed by atoms with Crippen LogP contribution in [-0.2, 0) is 6.54 Å². The molecule has 3 rings (SSSR count). The second kappa shape index (κ2) is 5.74. The Bertz CT molecular complexity index is 615. The van der Waals surface area contributed by atoms with Gasteiger partial charge in [0, 0.05) is 42.8 Å². The van der Waals surface area contributed by atoms with Gasteiger partial charge in [-0.25, -0.2) is 0 Å². The van der Waals surface area contributed by atoms with Crippen LogP contribution in [0.25, 0.3) is 10.9 Å². The van der Waals surface area contributed by atoms with Crippen LogP contribution in [0.15, 0.2) is 36.5 Å². The van der Waals surface area contributed by atoms with E-state index >= 15 is 0 Å². The average molecular weight is 283 g/mol. The van der Waals surface area contributed by atoms with Crippen LogP contribution in [0.5, 0.6) is 0 Å². The number of benzene rings is 1. The molecule has 112 valence electrons. The predicted molar refractivity (Wildman–Crippen MR) is 88.3 cm³/mol. The molecule has 0 saturated carbocycles. The molecule has 3 nitrogen and oxygen atoms in total. The molecule has 0 aliphatic carbocycles. The zero-order valence-corrected chi connectivity index (χ0v) is 13.3. The van der Waals surface area contributed by atoms with Crippen LogP contribution in [0.3, 0.4) is 0 Å². The predicted octanol–water partition coefficient (Wildman–Crippen LogP) is 3.20. The summed E-state index contributed by atoms with van der Waals surface area (Å²) in [6.45, 7) is 10.1. The Hall–Kier alpha value is -1.45. The van der Waals surface area contributed by atoms with Gasteiger partial charge in [0.15, 0.2) is 0 Å². The summed E-state index contributed by atoms with van der Waals surface area (Å²) in [6, 6.07) is 11.2. The molecule has 1 unspecified atom stereocenters. The van der Waals surface area contributed by atoms with Gasteiger partial charge in [0.2, 0.25) is 0 Å². The van der Waals surface area contributed by atoms with E-state index in [9.17, 15) is 0 Å². The monoisotopic (exact) mass is 283 g/mol. The fourth-order valence-electron chi connectivity index (χ4n) is 3.13. The minimum absolute atomic E-state index is 0.191. The highest BCUT2D eigenvalue weighted by atomic mass is 15.3. The van der Waals surface area contributed by atoms with E-state index in [4.69, 9.17) is 0 Å². The van der Waals surface area contributed by atoms with E-state index in [1.807, 2.05) is 6.20 Å². The number of pyridine rings is 1. The largest absolute Gasteiger partial charge is 0.311 e. The standard InChI is InChI=1S/C18H25N3/c1-4-15-12-21(18(2,3)13-20-15)11-14-9-10-19-17-8-6-5-7-16(14)17/h5-10,15,20H,4,11-13H2,1-3H3. The van der Waals surface area contributed by atoms with E-state index in [0.29, 0.717) is 6.04 Å². The maximum absolute atomic E-state index is 4.47. The van der Waals surface area contributed by atoms with Gasteiger partial charge < -0.3 is 5.32 Å². The van der Waals surface area contributed by atoms with Gasteiger partial charge in [-0.2, -0.15) is 0 Å². The zero-order valence-electron chi connectivity index (χ0n) is 13.3. The average Bonchev–Trinajstić information content (AvgIpc) is 2.49. The number of nitrogens with one attached hydrogen (secondary N) is 1. The first-order valence-electron chi connectivity index (χ1n) is 7.91. The van der Waals surface area contributed by atoms with Crippen molar-refractivity contribution >= 4 is 10.9 Å². The van der Waals surface area contributed by atoms with Crippen molar-refractivity contribution in [2.75, 3.05) is 13.1 Å². The van der Waals surface area contributed by atoms with E-state index in [2.05, 4.69) is 66.3 Å². The maximum atomic E-state index is 4.47. The molecule has 1 aromatic carbocycles. The number of fused-ring (bicyclic) bond motifs is 1. The number of piperazine rings is 1. The first-order chi connectivity index (χ1) is 10.1. The van der Waals surface area contributed by atoms with Crippen LogP contribution in [0.1, 0.15) is 32.8 Å². The lowest BCUT2D eigenvalue weighted by molar-refractivity contribution is 0.0581. The van der Waals surface area contributed by atoms with Gasteiger partial charge in [-0.05, 0) is 38.0 Å². The second-order valence-electron chi connectivity index (χ2n) is 6.67. The molecule has 1 aliphatic rings. The van der Waals surface area contributed by atoms with Crippen LogP contribution < -0.4 is 5.32 Å². The Morgan fingerprint density at radius 2 is 2.10 bits per heavy atom. The van der Waals surface area contributed by atoms with E-state index in [-0.39, 0.29) is 5.54 Å². The van der Waals surface area contributed by atoms with Crippen LogP contribution >= 0.6 is 0 Å².